The molecule has 0 saturated carbocycles. The van der Waals surface area contributed by atoms with E-state index < -0.39 is 21.7 Å². The Labute approximate surface area is 173 Å². The molecule has 150 valence electrons. The Morgan fingerprint density at radius 3 is 2.34 bits per heavy atom. The summed E-state index contributed by atoms with van der Waals surface area (Å²) in [6.07, 6.45) is 0. The van der Waals surface area contributed by atoms with Crippen molar-refractivity contribution >= 4 is 38.9 Å². The van der Waals surface area contributed by atoms with Crippen LogP contribution in [-0.4, -0.2) is 14.3 Å². The summed E-state index contributed by atoms with van der Waals surface area (Å²) in [5.74, 6) is -1.43. The van der Waals surface area contributed by atoms with E-state index in [-0.39, 0.29) is 16.1 Å². The summed E-state index contributed by atoms with van der Waals surface area (Å²) in [6.45, 7) is 3.68. The van der Waals surface area contributed by atoms with Crippen molar-refractivity contribution in [2.45, 2.75) is 18.7 Å². The van der Waals surface area contributed by atoms with Crippen LogP contribution in [0.25, 0.3) is 0 Å². The zero-order chi connectivity index (χ0) is 21.2. The van der Waals surface area contributed by atoms with Gasteiger partial charge in [-0.25, -0.2) is 12.8 Å². The number of benzene rings is 3. The smallest absolute Gasteiger partial charge is 0.262 e. The summed E-state index contributed by atoms with van der Waals surface area (Å²) in [5.41, 5.74) is 2.27. The van der Waals surface area contributed by atoms with Gasteiger partial charge in [-0.05, 0) is 61.9 Å². The van der Waals surface area contributed by atoms with E-state index in [1.165, 1.54) is 24.3 Å². The Kier molecular flexibility index (Phi) is 5.91. The number of anilines is 2. The second-order valence-electron chi connectivity index (χ2n) is 6.53. The van der Waals surface area contributed by atoms with E-state index in [0.717, 1.165) is 17.2 Å². The Bertz CT molecular complexity index is 1200. The van der Waals surface area contributed by atoms with Gasteiger partial charge in [0.05, 0.1) is 16.3 Å². The lowest BCUT2D eigenvalue weighted by atomic mass is 10.1. The van der Waals surface area contributed by atoms with E-state index in [1.807, 2.05) is 13.0 Å². The molecule has 0 aliphatic heterocycles. The molecule has 5 nitrogen and oxygen atoms in total. The zero-order valence-corrected chi connectivity index (χ0v) is 17.2. The molecule has 3 aromatic carbocycles. The number of rotatable bonds is 5. The van der Waals surface area contributed by atoms with Crippen LogP contribution in [0.3, 0.4) is 0 Å². The van der Waals surface area contributed by atoms with Crippen LogP contribution in [0.1, 0.15) is 21.5 Å². The second kappa shape index (κ2) is 8.23. The van der Waals surface area contributed by atoms with Crippen molar-refractivity contribution < 1.29 is 17.6 Å². The molecular formula is C21H18ClFN2O3S. The number of sulfonamides is 1. The van der Waals surface area contributed by atoms with Crippen molar-refractivity contribution in [1.82, 2.24) is 0 Å². The zero-order valence-electron chi connectivity index (χ0n) is 15.7. The number of halogens is 2. The van der Waals surface area contributed by atoms with Crippen LogP contribution in [0.4, 0.5) is 15.8 Å². The number of amides is 1. The molecule has 0 aromatic heterocycles. The minimum absolute atomic E-state index is 0.138. The van der Waals surface area contributed by atoms with Crippen LogP contribution in [0, 0.1) is 19.7 Å². The quantitative estimate of drug-likeness (QED) is 0.585. The third kappa shape index (κ3) is 4.93. The molecule has 2 N–H and O–H groups in total. The first-order valence-electron chi connectivity index (χ1n) is 8.62. The van der Waals surface area contributed by atoms with E-state index in [4.69, 9.17) is 11.6 Å². The highest BCUT2D eigenvalue weighted by Gasteiger charge is 2.18. The first kappa shape index (κ1) is 20.8. The fourth-order valence-electron chi connectivity index (χ4n) is 2.72. The highest BCUT2D eigenvalue weighted by atomic mass is 35.5. The summed E-state index contributed by atoms with van der Waals surface area (Å²) < 4.78 is 42.1. The molecule has 3 rings (SSSR count). The molecule has 0 aliphatic carbocycles. The largest absolute Gasteiger partial charge is 0.319 e. The highest BCUT2D eigenvalue weighted by molar-refractivity contribution is 7.92. The van der Waals surface area contributed by atoms with Gasteiger partial charge in [-0.3, -0.25) is 9.52 Å². The third-order valence-corrected chi connectivity index (χ3v) is 5.81. The van der Waals surface area contributed by atoms with Gasteiger partial charge < -0.3 is 5.32 Å². The predicted molar refractivity (Wildman–Crippen MR) is 113 cm³/mol. The number of nitrogens with one attached hydrogen (secondary N) is 2. The van der Waals surface area contributed by atoms with E-state index >= 15 is 0 Å². The van der Waals surface area contributed by atoms with Crippen LogP contribution in [-0.2, 0) is 10.0 Å². The number of carbonyl (C=O) groups excluding carboxylic acids is 1. The Hall–Kier alpha value is -2.90. The lowest BCUT2D eigenvalue weighted by molar-refractivity contribution is 0.102. The molecule has 0 heterocycles. The minimum atomic E-state index is -3.99. The van der Waals surface area contributed by atoms with Crippen molar-refractivity contribution in [3.8, 4) is 0 Å². The molecule has 0 unspecified atom stereocenters. The van der Waals surface area contributed by atoms with E-state index in [1.54, 1.807) is 31.2 Å². The van der Waals surface area contributed by atoms with E-state index in [0.29, 0.717) is 10.7 Å². The minimum Gasteiger partial charge on any atom is -0.319 e. The van der Waals surface area contributed by atoms with Gasteiger partial charge in [0.2, 0.25) is 0 Å². The van der Waals surface area contributed by atoms with Gasteiger partial charge in [0, 0.05) is 10.6 Å². The molecule has 8 heteroatoms. The summed E-state index contributed by atoms with van der Waals surface area (Å²) in [5, 5.41) is 2.78. The molecule has 0 saturated heterocycles. The third-order valence-electron chi connectivity index (χ3n) is 4.21. The van der Waals surface area contributed by atoms with E-state index in [9.17, 15) is 17.6 Å². The summed E-state index contributed by atoms with van der Waals surface area (Å²) in [7, 11) is -3.99. The maximum Gasteiger partial charge on any atom is 0.262 e. The Balaban J connectivity index is 1.82. The molecular weight excluding hydrogens is 415 g/mol. The lowest BCUT2D eigenvalue weighted by Crippen LogP contribution is -2.16. The average molecular weight is 433 g/mol. The van der Waals surface area contributed by atoms with Crippen molar-refractivity contribution in [3.63, 3.8) is 0 Å². The summed E-state index contributed by atoms with van der Waals surface area (Å²) in [6, 6.07) is 14.7. The van der Waals surface area contributed by atoms with Crippen molar-refractivity contribution in [2.24, 2.45) is 0 Å². The molecule has 0 radical (unpaired) electrons. The van der Waals surface area contributed by atoms with Crippen LogP contribution >= 0.6 is 11.6 Å². The van der Waals surface area contributed by atoms with Crippen molar-refractivity contribution in [3.05, 3.63) is 88.2 Å². The number of aryl methyl sites for hydroxylation is 2. The van der Waals surface area contributed by atoms with Crippen molar-refractivity contribution in [2.75, 3.05) is 10.0 Å². The molecule has 0 atom stereocenters. The summed E-state index contributed by atoms with van der Waals surface area (Å²) in [4.78, 5) is 12.0. The second-order valence-corrected chi connectivity index (χ2v) is 8.65. The average Bonchev–Trinajstić information content (AvgIpc) is 2.65. The number of hydrogen-bond donors (Lipinski definition) is 2. The summed E-state index contributed by atoms with van der Waals surface area (Å²) >= 11 is 5.85. The topological polar surface area (TPSA) is 75.3 Å². The van der Waals surface area contributed by atoms with Crippen LogP contribution < -0.4 is 10.0 Å². The van der Waals surface area contributed by atoms with Gasteiger partial charge in [-0.2, -0.15) is 0 Å². The molecule has 0 bridgehead atoms. The maximum absolute atomic E-state index is 14.5. The maximum atomic E-state index is 14.5. The lowest BCUT2D eigenvalue weighted by Gasteiger charge is -2.12. The highest BCUT2D eigenvalue weighted by Crippen LogP contribution is 2.24. The first-order valence-corrected chi connectivity index (χ1v) is 10.5. The van der Waals surface area contributed by atoms with Crippen LogP contribution in [0.15, 0.2) is 65.6 Å². The fraction of sp³-hybridized carbons (Fsp3) is 0.0952. The SMILES string of the molecule is Cc1ccc(NS(=O)(=O)c2ccc(NC(=O)c3cccc(Cl)c3)c(F)c2)c(C)c1. The Morgan fingerprint density at radius 1 is 0.966 bits per heavy atom. The van der Waals surface area contributed by atoms with Gasteiger partial charge in [-0.15, -0.1) is 0 Å². The normalized spacial score (nSPS) is 11.2. The molecule has 0 aliphatic rings. The van der Waals surface area contributed by atoms with Crippen LogP contribution in [0.5, 0.6) is 0 Å². The van der Waals surface area contributed by atoms with Crippen LogP contribution in [0.2, 0.25) is 5.02 Å². The van der Waals surface area contributed by atoms with E-state index in [2.05, 4.69) is 10.0 Å². The monoisotopic (exact) mass is 432 g/mol. The van der Waals surface area contributed by atoms with Crippen molar-refractivity contribution in [1.29, 1.82) is 0 Å². The van der Waals surface area contributed by atoms with Gasteiger partial charge in [0.25, 0.3) is 15.9 Å². The molecule has 1 amide bonds. The number of carbonyl (C=O) groups is 1. The molecule has 29 heavy (non-hydrogen) atoms. The molecule has 0 spiro atoms. The molecule has 3 aromatic rings. The van der Waals surface area contributed by atoms with Gasteiger partial charge in [-0.1, -0.05) is 35.4 Å². The number of hydrogen-bond acceptors (Lipinski definition) is 3. The molecule has 0 fully saturated rings. The Morgan fingerprint density at radius 2 is 1.69 bits per heavy atom. The van der Waals surface area contributed by atoms with Gasteiger partial charge >= 0.3 is 0 Å². The standard InChI is InChI=1S/C21H18ClFN2O3S/c1-13-6-8-19(14(2)10-13)25-29(27,28)17-7-9-20(18(23)12-17)24-21(26)15-4-3-5-16(22)11-15/h3-12,25H,1-2H3,(H,24,26). The first-order chi connectivity index (χ1) is 13.7. The van der Waals surface area contributed by atoms with Gasteiger partial charge in [0.1, 0.15) is 5.82 Å². The van der Waals surface area contributed by atoms with Gasteiger partial charge in [0.15, 0.2) is 0 Å². The fourth-order valence-corrected chi connectivity index (χ4v) is 4.05. The predicted octanol–water partition coefficient (Wildman–Crippen LogP) is 5.15.